The second-order valence-electron chi connectivity index (χ2n) is 4.83. The van der Waals surface area contributed by atoms with Crippen molar-refractivity contribution in [3.63, 3.8) is 0 Å². The average Bonchev–Trinajstić information content (AvgIpc) is 2.66. The number of likely N-dealkylation sites (tertiary alicyclic amines) is 1. The van der Waals surface area contributed by atoms with Gasteiger partial charge in [-0.05, 0) is 33.7 Å². The third kappa shape index (κ3) is 3.70. The molecule has 0 saturated carbocycles. The zero-order valence-electron chi connectivity index (χ0n) is 10.8. The lowest BCUT2D eigenvalue weighted by atomic mass is 10.1. The number of nitrogens with zero attached hydrogens (tertiary/aromatic N) is 2. The van der Waals surface area contributed by atoms with Crippen molar-refractivity contribution >= 4 is 11.9 Å². The lowest BCUT2D eigenvalue weighted by Crippen LogP contribution is -2.43. The minimum Gasteiger partial charge on any atom is -0.481 e. The van der Waals surface area contributed by atoms with E-state index in [0.29, 0.717) is 32.6 Å². The van der Waals surface area contributed by atoms with Crippen LogP contribution in [0.25, 0.3) is 0 Å². The Morgan fingerprint density at radius 1 is 1.47 bits per heavy atom. The molecule has 1 aliphatic rings. The number of amides is 1. The van der Waals surface area contributed by atoms with Crippen molar-refractivity contribution in [3.05, 3.63) is 0 Å². The van der Waals surface area contributed by atoms with E-state index >= 15 is 0 Å². The molecule has 0 bridgehead atoms. The van der Waals surface area contributed by atoms with Crippen molar-refractivity contribution in [3.8, 4) is 0 Å². The van der Waals surface area contributed by atoms with E-state index in [1.54, 1.807) is 0 Å². The molecule has 98 valence electrons. The van der Waals surface area contributed by atoms with Crippen molar-refractivity contribution in [1.82, 2.24) is 9.80 Å². The summed E-state index contributed by atoms with van der Waals surface area (Å²) in [6, 6.07) is 0.199. The van der Waals surface area contributed by atoms with Gasteiger partial charge in [-0.3, -0.25) is 14.5 Å². The van der Waals surface area contributed by atoms with Gasteiger partial charge in [-0.25, -0.2) is 0 Å². The first-order chi connectivity index (χ1) is 7.95. The highest BCUT2D eigenvalue weighted by Crippen LogP contribution is 2.16. The molecule has 0 aromatic heterocycles. The van der Waals surface area contributed by atoms with Gasteiger partial charge in [0.05, 0.1) is 12.5 Å². The standard InChI is InChI=1S/C12H22N2O3/c1-4-14(9(2)3)11(15)8-13-6-5-10(7-13)12(16)17/h9-10H,4-8H2,1-3H3,(H,16,17). The van der Waals surface area contributed by atoms with Crippen LogP contribution in [0.15, 0.2) is 0 Å². The Morgan fingerprint density at radius 2 is 2.12 bits per heavy atom. The van der Waals surface area contributed by atoms with Crippen LogP contribution < -0.4 is 0 Å². The molecule has 0 aromatic carbocycles. The smallest absolute Gasteiger partial charge is 0.307 e. The molecule has 1 fully saturated rings. The Labute approximate surface area is 102 Å². The van der Waals surface area contributed by atoms with Crippen LogP contribution >= 0.6 is 0 Å². The first kappa shape index (κ1) is 14.0. The van der Waals surface area contributed by atoms with Crippen molar-refractivity contribution in [2.24, 2.45) is 5.92 Å². The molecular weight excluding hydrogens is 220 g/mol. The first-order valence-corrected chi connectivity index (χ1v) is 6.20. The molecule has 1 amide bonds. The summed E-state index contributed by atoms with van der Waals surface area (Å²) in [5, 5.41) is 8.89. The summed E-state index contributed by atoms with van der Waals surface area (Å²) < 4.78 is 0. The second kappa shape index (κ2) is 6.00. The number of hydrogen-bond donors (Lipinski definition) is 1. The molecular formula is C12H22N2O3. The van der Waals surface area contributed by atoms with Gasteiger partial charge < -0.3 is 10.0 Å². The molecule has 1 unspecified atom stereocenters. The summed E-state index contributed by atoms with van der Waals surface area (Å²) in [6.45, 7) is 8.19. The molecule has 5 nitrogen and oxygen atoms in total. The highest BCUT2D eigenvalue weighted by Gasteiger charge is 2.30. The fraction of sp³-hybridized carbons (Fsp3) is 0.833. The van der Waals surface area contributed by atoms with Gasteiger partial charge in [0.1, 0.15) is 0 Å². The summed E-state index contributed by atoms with van der Waals surface area (Å²) in [4.78, 5) is 26.5. The lowest BCUT2D eigenvalue weighted by Gasteiger charge is -2.27. The third-order valence-corrected chi connectivity index (χ3v) is 3.26. The van der Waals surface area contributed by atoms with Gasteiger partial charge in [0.2, 0.25) is 5.91 Å². The van der Waals surface area contributed by atoms with E-state index in [2.05, 4.69) is 0 Å². The zero-order chi connectivity index (χ0) is 13.0. The maximum Gasteiger partial charge on any atom is 0.307 e. The molecule has 0 aliphatic carbocycles. The number of carbonyl (C=O) groups is 2. The number of hydrogen-bond acceptors (Lipinski definition) is 3. The van der Waals surface area contributed by atoms with Gasteiger partial charge in [-0.2, -0.15) is 0 Å². The summed E-state index contributed by atoms with van der Waals surface area (Å²) in [7, 11) is 0. The third-order valence-electron chi connectivity index (χ3n) is 3.26. The second-order valence-corrected chi connectivity index (χ2v) is 4.83. The Hall–Kier alpha value is -1.10. The van der Waals surface area contributed by atoms with Crippen molar-refractivity contribution in [1.29, 1.82) is 0 Å². The first-order valence-electron chi connectivity index (χ1n) is 6.20. The van der Waals surface area contributed by atoms with Gasteiger partial charge >= 0.3 is 5.97 Å². The van der Waals surface area contributed by atoms with Gasteiger partial charge in [-0.15, -0.1) is 0 Å². The molecule has 1 aliphatic heterocycles. The molecule has 0 radical (unpaired) electrons. The lowest BCUT2D eigenvalue weighted by molar-refractivity contribution is -0.141. The number of rotatable bonds is 5. The van der Waals surface area contributed by atoms with E-state index < -0.39 is 5.97 Å². The van der Waals surface area contributed by atoms with Crippen molar-refractivity contribution in [2.45, 2.75) is 33.2 Å². The number of carbonyl (C=O) groups excluding carboxylic acids is 1. The number of likely N-dealkylation sites (N-methyl/N-ethyl adjacent to an activating group) is 1. The Kier molecular flexibility index (Phi) is 4.93. The minimum atomic E-state index is -0.754. The fourth-order valence-corrected chi connectivity index (χ4v) is 2.29. The molecule has 1 atom stereocenters. The zero-order valence-corrected chi connectivity index (χ0v) is 10.8. The quantitative estimate of drug-likeness (QED) is 0.769. The molecule has 1 N–H and O–H groups in total. The van der Waals surface area contributed by atoms with Crippen LogP contribution in [0.2, 0.25) is 0 Å². The van der Waals surface area contributed by atoms with Crippen LogP contribution in [0.5, 0.6) is 0 Å². The molecule has 1 saturated heterocycles. The fourth-order valence-electron chi connectivity index (χ4n) is 2.29. The largest absolute Gasteiger partial charge is 0.481 e. The van der Waals surface area contributed by atoms with Crippen LogP contribution in [0.4, 0.5) is 0 Å². The van der Waals surface area contributed by atoms with Gasteiger partial charge in [-0.1, -0.05) is 0 Å². The van der Waals surface area contributed by atoms with Crippen LogP contribution in [-0.4, -0.2) is 59.0 Å². The molecule has 0 spiro atoms. The number of carboxylic acids is 1. The van der Waals surface area contributed by atoms with Gasteiger partial charge in [0.25, 0.3) is 0 Å². The normalized spacial score (nSPS) is 20.8. The van der Waals surface area contributed by atoms with Crippen LogP contribution in [-0.2, 0) is 9.59 Å². The highest BCUT2D eigenvalue weighted by molar-refractivity contribution is 5.78. The molecule has 17 heavy (non-hydrogen) atoms. The van der Waals surface area contributed by atoms with E-state index in [9.17, 15) is 9.59 Å². The predicted molar refractivity (Wildman–Crippen MR) is 64.7 cm³/mol. The maximum absolute atomic E-state index is 12.0. The van der Waals surface area contributed by atoms with Crippen LogP contribution in [0.3, 0.4) is 0 Å². The predicted octanol–water partition coefficient (Wildman–Crippen LogP) is 0.650. The maximum atomic E-state index is 12.0. The minimum absolute atomic E-state index is 0.0912. The topological polar surface area (TPSA) is 60.9 Å². The average molecular weight is 242 g/mol. The summed E-state index contributed by atoms with van der Waals surface area (Å²) in [6.07, 6.45) is 0.649. The van der Waals surface area contributed by atoms with Gasteiger partial charge in [0.15, 0.2) is 0 Å². The highest BCUT2D eigenvalue weighted by atomic mass is 16.4. The Morgan fingerprint density at radius 3 is 2.53 bits per heavy atom. The molecule has 5 heteroatoms. The van der Waals surface area contributed by atoms with E-state index in [0.717, 1.165) is 0 Å². The summed E-state index contributed by atoms with van der Waals surface area (Å²) in [5.74, 6) is -0.971. The monoisotopic (exact) mass is 242 g/mol. The number of aliphatic carboxylic acids is 1. The van der Waals surface area contributed by atoms with Gasteiger partial charge in [0, 0.05) is 19.1 Å². The van der Waals surface area contributed by atoms with E-state index in [1.807, 2.05) is 30.6 Å². The molecule has 0 aromatic rings. The van der Waals surface area contributed by atoms with Crippen molar-refractivity contribution < 1.29 is 14.7 Å². The van der Waals surface area contributed by atoms with E-state index in [4.69, 9.17) is 5.11 Å². The Bertz CT molecular complexity index is 291. The Balaban J connectivity index is 2.45. The molecule has 1 rings (SSSR count). The SMILES string of the molecule is CCN(C(=O)CN1CCC(C(=O)O)C1)C(C)C. The molecule has 1 heterocycles. The van der Waals surface area contributed by atoms with Crippen molar-refractivity contribution in [2.75, 3.05) is 26.2 Å². The van der Waals surface area contributed by atoms with E-state index in [1.165, 1.54) is 0 Å². The van der Waals surface area contributed by atoms with Crippen LogP contribution in [0, 0.1) is 5.92 Å². The summed E-state index contributed by atoms with van der Waals surface area (Å²) >= 11 is 0. The van der Waals surface area contributed by atoms with Crippen LogP contribution in [0.1, 0.15) is 27.2 Å². The summed E-state index contributed by atoms with van der Waals surface area (Å²) in [5.41, 5.74) is 0. The van der Waals surface area contributed by atoms with E-state index in [-0.39, 0.29) is 17.9 Å². The number of carboxylic acid groups (broad SMARTS) is 1.